The van der Waals surface area contributed by atoms with Crippen LogP contribution in [-0.2, 0) is 9.59 Å². The van der Waals surface area contributed by atoms with Gasteiger partial charge in [0.05, 0.1) is 32.7 Å². The molecule has 0 bridgehead atoms. The average Bonchev–Trinajstić information content (AvgIpc) is 2.76. The van der Waals surface area contributed by atoms with Gasteiger partial charge in [-0.1, -0.05) is 30.3 Å². The van der Waals surface area contributed by atoms with E-state index in [-0.39, 0.29) is 24.3 Å². The van der Waals surface area contributed by atoms with Gasteiger partial charge in [0, 0.05) is 11.3 Å². The maximum atomic E-state index is 12.5. The highest BCUT2D eigenvalue weighted by Crippen LogP contribution is 2.17. The number of hydrogen-bond acceptors (Lipinski definition) is 3. The Morgan fingerprint density at radius 3 is 2.33 bits per heavy atom. The van der Waals surface area contributed by atoms with Crippen molar-refractivity contribution < 1.29 is 19.3 Å². The number of hydrogen-bond donors (Lipinski definition) is 3. The molecule has 1 aliphatic heterocycles. The molecular formula is C23H29N4O3+. The maximum absolute atomic E-state index is 12.5. The molecule has 3 N–H and O–H groups in total. The highest BCUT2D eigenvalue weighted by Gasteiger charge is 2.25. The van der Waals surface area contributed by atoms with Crippen LogP contribution in [0.3, 0.4) is 0 Å². The molecule has 1 aliphatic rings. The van der Waals surface area contributed by atoms with Crippen LogP contribution >= 0.6 is 0 Å². The number of amides is 3. The minimum absolute atomic E-state index is 0.0298. The van der Waals surface area contributed by atoms with Crippen molar-refractivity contribution in [2.45, 2.75) is 13.8 Å². The fourth-order valence-electron chi connectivity index (χ4n) is 3.52. The van der Waals surface area contributed by atoms with Gasteiger partial charge in [0.2, 0.25) is 5.91 Å². The molecule has 2 aromatic rings. The minimum Gasteiger partial charge on any atom is -0.342 e. The quantitative estimate of drug-likeness (QED) is 0.646. The molecule has 1 fully saturated rings. The molecule has 0 unspecified atom stereocenters. The van der Waals surface area contributed by atoms with E-state index in [4.69, 9.17) is 0 Å². The molecule has 0 radical (unpaired) electrons. The molecule has 30 heavy (non-hydrogen) atoms. The van der Waals surface area contributed by atoms with Crippen molar-refractivity contribution in [2.24, 2.45) is 0 Å². The van der Waals surface area contributed by atoms with Crippen LogP contribution in [0.25, 0.3) is 0 Å². The van der Waals surface area contributed by atoms with Crippen LogP contribution in [-0.4, -0.2) is 61.9 Å². The van der Waals surface area contributed by atoms with E-state index in [0.717, 1.165) is 21.7 Å². The molecule has 0 aliphatic carbocycles. The summed E-state index contributed by atoms with van der Waals surface area (Å²) >= 11 is 0. The number of piperazine rings is 1. The van der Waals surface area contributed by atoms with E-state index < -0.39 is 0 Å². The Kier molecular flexibility index (Phi) is 7.19. The van der Waals surface area contributed by atoms with Gasteiger partial charge < -0.3 is 20.4 Å². The van der Waals surface area contributed by atoms with Crippen molar-refractivity contribution in [2.75, 3.05) is 44.6 Å². The first kappa shape index (κ1) is 21.5. The van der Waals surface area contributed by atoms with Gasteiger partial charge in [-0.05, 0) is 43.2 Å². The molecule has 3 rings (SSSR count). The van der Waals surface area contributed by atoms with E-state index in [9.17, 15) is 14.4 Å². The highest BCUT2D eigenvalue weighted by molar-refractivity contribution is 5.95. The third kappa shape index (κ3) is 5.67. The number of carbonyl (C=O) groups excluding carboxylic acids is 3. The lowest BCUT2D eigenvalue weighted by molar-refractivity contribution is -0.896. The second-order valence-electron chi connectivity index (χ2n) is 7.66. The largest absolute Gasteiger partial charge is 0.342 e. The number of anilines is 1. The lowest BCUT2D eigenvalue weighted by Gasteiger charge is -2.31. The summed E-state index contributed by atoms with van der Waals surface area (Å²) < 4.78 is 0. The van der Waals surface area contributed by atoms with Gasteiger partial charge in [-0.25, -0.2) is 0 Å². The third-order valence-electron chi connectivity index (χ3n) is 5.51. The van der Waals surface area contributed by atoms with Crippen LogP contribution in [0.5, 0.6) is 0 Å². The van der Waals surface area contributed by atoms with Gasteiger partial charge in [0.15, 0.2) is 6.54 Å². The number of nitrogens with one attached hydrogen (secondary N) is 3. The number of quaternary nitrogens is 1. The number of carbonyl (C=O) groups is 3. The monoisotopic (exact) mass is 409 g/mol. The Bertz CT molecular complexity index is 906. The number of rotatable bonds is 6. The Morgan fingerprint density at radius 1 is 0.933 bits per heavy atom. The molecule has 0 saturated carbocycles. The molecule has 2 aromatic carbocycles. The summed E-state index contributed by atoms with van der Waals surface area (Å²) in [6.45, 7) is 6.83. The first-order valence-corrected chi connectivity index (χ1v) is 10.2. The molecule has 7 nitrogen and oxygen atoms in total. The number of aryl methyl sites for hydroxylation is 1. The summed E-state index contributed by atoms with van der Waals surface area (Å²) in [7, 11) is 0. The molecule has 0 atom stereocenters. The van der Waals surface area contributed by atoms with Crippen molar-refractivity contribution in [3.8, 4) is 0 Å². The Balaban J connectivity index is 1.39. The molecule has 1 saturated heterocycles. The minimum atomic E-state index is -0.245. The zero-order valence-electron chi connectivity index (χ0n) is 17.5. The van der Waals surface area contributed by atoms with Crippen LogP contribution in [0.1, 0.15) is 21.5 Å². The summed E-state index contributed by atoms with van der Waals surface area (Å²) in [5.74, 6) is -0.378. The Labute approximate surface area is 177 Å². The van der Waals surface area contributed by atoms with Crippen molar-refractivity contribution in [1.29, 1.82) is 0 Å². The van der Waals surface area contributed by atoms with Gasteiger partial charge in [-0.15, -0.1) is 0 Å². The molecule has 3 amide bonds. The molecular weight excluding hydrogens is 380 g/mol. The second-order valence-corrected chi connectivity index (χ2v) is 7.66. The van der Waals surface area contributed by atoms with Crippen LogP contribution < -0.4 is 15.5 Å². The number of nitrogens with zero attached hydrogens (tertiary/aromatic N) is 1. The first-order chi connectivity index (χ1) is 14.4. The normalized spacial score (nSPS) is 14.3. The fraction of sp³-hybridized carbons (Fsp3) is 0.348. The van der Waals surface area contributed by atoms with E-state index in [1.807, 2.05) is 67.3 Å². The summed E-state index contributed by atoms with van der Waals surface area (Å²) in [6.07, 6.45) is 0. The standard InChI is InChI=1S/C23H28N4O3/c1-17-7-6-10-20(18(17)2)25-21(28)15-24-22(29)16-26-11-13-27(14-12-26)23(30)19-8-4-3-5-9-19/h3-10H,11-16H2,1-2H3,(H,24,29)(H,25,28)/p+1. The molecule has 7 heteroatoms. The third-order valence-corrected chi connectivity index (χ3v) is 5.51. The van der Waals surface area contributed by atoms with Gasteiger partial charge in [0.1, 0.15) is 0 Å². The lowest BCUT2D eigenvalue weighted by Crippen LogP contribution is -3.15. The average molecular weight is 410 g/mol. The SMILES string of the molecule is Cc1cccc(NC(=O)CNC(=O)C[NH+]2CCN(C(=O)c3ccccc3)CC2)c1C. The first-order valence-electron chi connectivity index (χ1n) is 10.2. The van der Waals surface area contributed by atoms with Crippen molar-refractivity contribution in [3.05, 3.63) is 65.2 Å². The van der Waals surface area contributed by atoms with Crippen molar-refractivity contribution >= 4 is 23.4 Å². The summed E-state index contributed by atoms with van der Waals surface area (Å²) in [5.41, 5.74) is 3.57. The fourth-order valence-corrected chi connectivity index (χ4v) is 3.52. The number of benzene rings is 2. The van der Waals surface area contributed by atoms with Gasteiger partial charge >= 0.3 is 0 Å². The van der Waals surface area contributed by atoms with Crippen LogP contribution in [0.15, 0.2) is 48.5 Å². The second kappa shape index (κ2) is 10.0. The van der Waals surface area contributed by atoms with Gasteiger partial charge in [-0.3, -0.25) is 14.4 Å². The van der Waals surface area contributed by atoms with E-state index >= 15 is 0 Å². The lowest BCUT2D eigenvalue weighted by atomic mass is 10.1. The predicted octanol–water partition coefficient (Wildman–Crippen LogP) is 0.399. The predicted molar refractivity (Wildman–Crippen MR) is 115 cm³/mol. The van der Waals surface area contributed by atoms with E-state index in [1.54, 1.807) is 0 Å². The zero-order valence-corrected chi connectivity index (χ0v) is 17.5. The van der Waals surface area contributed by atoms with Gasteiger partial charge in [-0.2, -0.15) is 0 Å². The summed E-state index contributed by atoms with van der Waals surface area (Å²) in [4.78, 5) is 39.8. The van der Waals surface area contributed by atoms with E-state index in [1.165, 1.54) is 0 Å². The van der Waals surface area contributed by atoms with E-state index in [0.29, 0.717) is 38.3 Å². The molecule has 0 spiro atoms. The topological polar surface area (TPSA) is 82.9 Å². The Morgan fingerprint density at radius 2 is 1.63 bits per heavy atom. The maximum Gasteiger partial charge on any atom is 0.275 e. The van der Waals surface area contributed by atoms with Crippen LogP contribution in [0.4, 0.5) is 5.69 Å². The zero-order chi connectivity index (χ0) is 21.5. The molecule has 0 aromatic heterocycles. The molecule has 158 valence electrons. The summed E-state index contributed by atoms with van der Waals surface area (Å²) in [5, 5.41) is 5.53. The smallest absolute Gasteiger partial charge is 0.275 e. The van der Waals surface area contributed by atoms with Crippen LogP contribution in [0, 0.1) is 13.8 Å². The van der Waals surface area contributed by atoms with Crippen molar-refractivity contribution in [3.63, 3.8) is 0 Å². The van der Waals surface area contributed by atoms with Crippen LogP contribution in [0.2, 0.25) is 0 Å². The van der Waals surface area contributed by atoms with Crippen molar-refractivity contribution in [1.82, 2.24) is 10.2 Å². The molecule has 1 heterocycles. The summed E-state index contributed by atoms with van der Waals surface area (Å²) in [6, 6.07) is 15.0. The van der Waals surface area contributed by atoms with E-state index in [2.05, 4.69) is 10.6 Å². The highest BCUT2D eigenvalue weighted by atomic mass is 16.2. The van der Waals surface area contributed by atoms with Gasteiger partial charge in [0.25, 0.3) is 11.8 Å². The Hall–Kier alpha value is -3.19.